The molecule has 9 heteroatoms. The number of anilines is 1. The summed E-state index contributed by atoms with van der Waals surface area (Å²) in [6.07, 6.45) is 1.87. The van der Waals surface area contributed by atoms with Gasteiger partial charge >= 0.3 is 0 Å². The van der Waals surface area contributed by atoms with E-state index in [9.17, 15) is 18.0 Å². The van der Waals surface area contributed by atoms with Crippen LogP contribution in [0.2, 0.25) is 0 Å². The summed E-state index contributed by atoms with van der Waals surface area (Å²) < 4.78 is 31.7. The molecular formula is C32H41N3O5S. The highest BCUT2D eigenvalue weighted by Gasteiger charge is 2.31. The summed E-state index contributed by atoms with van der Waals surface area (Å²) in [4.78, 5) is 29.0. The molecule has 0 unspecified atom stereocenters. The second-order valence-electron chi connectivity index (χ2n) is 10.5. The number of aryl methyl sites for hydroxylation is 1. The van der Waals surface area contributed by atoms with Crippen molar-refractivity contribution in [2.24, 2.45) is 0 Å². The molecule has 0 aliphatic carbocycles. The van der Waals surface area contributed by atoms with Crippen LogP contribution in [0.4, 0.5) is 5.69 Å². The van der Waals surface area contributed by atoms with Crippen molar-refractivity contribution in [3.8, 4) is 5.75 Å². The molecule has 1 atom stereocenters. The summed E-state index contributed by atoms with van der Waals surface area (Å²) in [7, 11) is -2.04. The molecular weight excluding hydrogens is 538 g/mol. The van der Waals surface area contributed by atoms with E-state index in [0.717, 1.165) is 22.9 Å². The largest absolute Gasteiger partial charge is 0.497 e. The summed E-state index contributed by atoms with van der Waals surface area (Å²) in [5, 5.41) is 2.99. The smallest absolute Gasteiger partial charge is 0.243 e. The second-order valence-corrected chi connectivity index (χ2v) is 12.4. The van der Waals surface area contributed by atoms with Gasteiger partial charge in [0, 0.05) is 32.0 Å². The van der Waals surface area contributed by atoms with Gasteiger partial charge in [-0.1, -0.05) is 60.2 Å². The van der Waals surface area contributed by atoms with Crippen molar-refractivity contribution in [3.63, 3.8) is 0 Å². The van der Waals surface area contributed by atoms with Gasteiger partial charge in [-0.15, -0.1) is 0 Å². The fraction of sp³-hybridized carbons (Fsp3) is 0.375. The Kier molecular flexibility index (Phi) is 11.3. The summed E-state index contributed by atoms with van der Waals surface area (Å²) in [5.74, 6) is 0.184. The lowest BCUT2D eigenvalue weighted by Crippen LogP contribution is -2.51. The number of carbonyl (C=O) groups excluding carboxylic acids is 2. The maximum Gasteiger partial charge on any atom is 0.243 e. The molecule has 0 aliphatic rings. The van der Waals surface area contributed by atoms with Gasteiger partial charge < -0.3 is 15.0 Å². The van der Waals surface area contributed by atoms with Crippen molar-refractivity contribution in [2.75, 3.05) is 24.2 Å². The van der Waals surface area contributed by atoms with Crippen molar-refractivity contribution in [1.29, 1.82) is 0 Å². The molecule has 3 aromatic carbocycles. The summed E-state index contributed by atoms with van der Waals surface area (Å²) >= 11 is 0. The third kappa shape index (κ3) is 9.63. The van der Waals surface area contributed by atoms with Gasteiger partial charge in [0.25, 0.3) is 0 Å². The van der Waals surface area contributed by atoms with E-state index in [1.165, 1.54) is 4.31 Å². The molecule has 8 nitrogen and oxygen atoms in total. The van der Waals surface area contributed by atoms with Crippen molar-refractivity contribution < 1.29 is 22.7 Å². The molecule has 0 radical (unpaired) electrons. The van der Waals surface area contributed by atoms with Gasteiger partial charge in [0.05, 0.1) is 19.1 Å². The summed E-state index contributed by atoms with van der Waals surface area (Å²) in [5.41, 5.74) is 3.42. The van der Waals surface area contributed by atoms with Crippen LogP contribution in [0.5, 0.6) is 5.75 Å². The molecule has 0 aliphatic heterocycles. The number of methoxy groups -OCH3 is 1. The average Bonchev–Trinajstić information content (AvgIpc) is 2.92. The Morgan fingerprint density at radius 2 is 1.59 bits per heavy atom. The van der Waals surface area contributed by atoms with E-state index < -0.39 is 16.1 Å². The number of hydrogen-bond acceptors (Lipinski definition) is 5. The lowest BCUT2D eigenvalue weighted by Gasteiger charge is -2.32. The van der Waals surface area contributed by atoms with Gasteiger partial charge in [-0.25, -0.2) is 8.42 Å². The number of benzene rings is 3. The van der Waals surface area contributed by atoms with Crippen molar-refractivity contribution >= 4 is 27.5 Å². The van der Waals surface area contributed by atoms with Gasteiger partial charge in [0.15, 0.2) is 0 Å². The quantitative estimate of drug-likeness (QED) is 0.298. The van der Waals surface area contributed by atoms with Crippen LogP contribution in [0.1, 0.15) is 43.4 Å². The van der Waals surface area contributed by atoms with Crippen molar-refractivity contribution in [1.82, 2.24) is 10.2 Å². The number of carbonyl (C=O) groups is 2. The molecule has 41 heavy (non-hydrogen) atoms. The number of nitrogens with zero attached hydrogens (tertiary/aromatic N) is 2. The number of rotatable bonds is 14. The maximum absolute atomic E-state index is 13.9. The number of hydrogen-bond donors (Lipinski definition) is 1. The maximum atomic E-state index is 13.9. The van der Waals surface area contributed by atoms with Gasteiger partial charge in [0.2, 0.25) is 21.8 Å². The predicted molar refractivity (Wildman–Crippen MR) is 163 cm³/mol. The molecule has 0 heterocycles. The van der Waals surface area contributed by atoms with E-state index in [4.69, 9.17) is 4.74 Å². The van der Waals surface area contributed by atoms with E-state index in [-0.39, 0.29) is 43.8 Å². The number of amides is 2. The first-order valence-corrected chi connectivity index (χ1v) is 15.6. The first-order valence-electron chi connectivity index (χ1n) is 13.8. The van der Waals surface area contributed by atoms with E-state index in [2.05, 4.69) is 5.32 Å². The SMILES string of the molecule is COc1ccc(N(CCCC(=O)N(Cc2cccc(C)c2)[C@@H](Cc2ccccc2)C(=O)NC(C)C)S(C)(=O)=O)cc1. The van der Waals surface area contributed by atoms with E-state index in [1.54, 1.807) is 36.3 Å². The number of sulfonamides is 1. The van der Waals surface area contributed by atoms with Crippen LogP contribution in [0.15, 0.2) is 78.9 Å². The Labute approximate surface area is 244 Å². The highest BCUT2D eigenvalue weighted by Crippen LogP contribution is 2.23. The minimum absolute atomic E-state index is 0.0776. The molecule has 3 rings (SSSR count). The highest BCUT2D eigenvalue weighted by molar-refractivity contribution is 7.92. The van der Waals surface area contributed by atoms with Crippen LogP contribution >= 0.6 is 0 Å². The van der Waals surface area contributed by atoms with Crippen LogP contribution < -0.4 is 14.4 Å². The molecule has 0 aromatic heterocycles. The monoisotopic (exact) mass is 579 g/mol. The first kappa shape index (κ1) is 31.7. The minimum atomic E-state index is -3.59. The Balaban J connectivity index is 1.87. The predicted octanol–water partition coefficient (Wildman–Crippen LogP) is 4.71. The molecule has 0 saturated carbocycles. The zero-order valence-electron chi connectivity index (χ0n) is 24.5. The first-order chi connectivity index (χ1) is 19.5. The average molecular weight is 580 g/mol. The fourth-order valence-electron chi connectivity index (χ4n) is 4.69. The van der Waals surface area contributed by atoms with Crippen LogP contribution in [-0.2, 0) is 32.6 Å². The third-order valence-corrected chi connectivity index (χ3v) is 7.84. The van der Waals surface area contributed by atoms with Crippen LogP contribution in [0.3, 0.4) is 0 Å². The van der Waals surface area contributed by atoms with Crippen LogP contribution in [-0.4, -0.2) is 57.1 Å². The topological polar surface area (TPSA) is 96.0 Å². The molecule has 2 amide bonds. The van der Waals surface area contributed by atoms with E-state index >= 15 is 0 Å². The van der Waals surface area contributed by atoms with Crippen LogP contribution in [0.25, 0.3) is 0 Å². The van der Waals surface area contributed by atoms with Gasteiger partial charge in [0.1, 0.15) is 11.8 Å². The Morgan fingerprint density at radius 1 is 0.927 bits per heavy atom. The standard InChI is InChI=1S/C32H41N3O5S/c1-24(2)33-32(37)30(22-26-12-7-6-8-13-26)34(23-27-14-9-11-25(3)21-27)31(36)15-10-20-35(41(5,38)39)28-16-18-29(40-4)19-17-28/h6-9,11-14,16-19,21,24,30H,10,15,20,22-23H2,1-5H3,(H,33,37)/t30-/m0/s1. The summed E-state index contributed by atoms with van der Waals surface area (Å²) in [6, 6.07) is 23.4. The third-order valence-electron chi connectivity index (χ3n) is 6.65. The summed E-state index contributed by atoms with van der Waals surface area (Å²) in [6.45, 7) is 6.16. The molecule has 0 saturated heterocycles. The minimum Gasteiger partial charge on any atom is -0.497 e. The lowest BCUT2D eigenvalue weighted by atomic mass is 10.0. The van der Waals surface area contributed by atoms with Crippen LogP contribution in [0, 0.1) is 6.92 Å². The molecule has 0 bridgehead atoms. The molecule has 1 N–H and O–H groups in total. The lowest BCUT2D eigenvalue weighted by molar-refractivity contribution is -0.141. The van der Waals surface area contributed by atoms with E-state index in [1.807, 2.05) is 75.4 Å². The molecule has 0 fully saturated rings. The molecule has 3 aromatic rings. The fourth-order valence-corrected chi connectivity index (χ4v) is 5.66. The normalized spacial score (nSPS) is 12.0. The Bertz CT molecular complexity index is 1390. The Hall–Kier alpha value is -3.85. The molecule has 0 spiro atoms. The molecule has 220 valence electrons. The number of nitrogens with one attached hydrogen (secondary N) is 1. The zero-order chi connectivity index (χ0) is 30.0. The van der Waals surface area contributed by atoms with E-state index in [0.29, 0.717) is 17.9 Å². The van der Waals surface area contributed by atoms with Gasteiger partial charge in [-0.2, -0.15) is 0 Å². The van der Waals surface area contributed by atoms with Crippen molar-refractivity contribution in [2.45, 2.75) is 58.7 Å². The van der Waals surface area contributed by atoms with Gasteiger partial charge in [-0.05, 0) is 62.6 Å². The van der Waals surface area contributed by atoms with Crippen molar-refractivity contribution in [3.05, 3.63) is 95.6 Å². The number of ether oxygens (including phenoxy) is 1. The van der Waals surface area contributed by atoms with Gasteiger partial charge in [-0.3, -0.25) is 13.9 Å². The Morgan fingerprint density at radius 3 is 2.17 bits per heavy atom. The highest BCUT2D eigenvalue weighted by atomic mass is 32.2. The second kappa shape index (κ2) is 14.7. The zero-order valence-corrected chi connectivity index (χ0v) is 25.4.